The molecule has 2 aliphatic heterocycles. The second kappa shape index (κ2) is 12.2. The average Bonchev–Trinajstić information content (AvgIpc) is 3.01. The van der Waals surface area contributed by atoms with Gasteiger partial charge < -0.3 is 48.5 Å². The first-order valence-corrected chi connectivity index (χ1v) is 10.2. The predicted octanol–water partition coefficient (Wildman–Crippen LogP) is 0.388. The van der Waals surface area contributed by atoms with Crippen LogP contribution >= 0.6 is 0 Å². The zero-order valence-electron chi connectivity index (χ0n) is 18.3. The Kier molecular flexibility index (Phi) is 10.0. The quantitative estimate of drug-likeness (QED) is 0.315. The summed E-state index contributed by atoms with van der Waals surface area (Å²) >= 11 is 0. The SMILES string of the molecule is C=COCC1OC(COC=C)(CC2OC(COC)C(OC=C)C(O)C2OC=C)C(O)C1O. The third kappa shape index (κ3) is 5.64. The summed E-state index contributed by atoms with van der Waals surface area (Å²) < 4.78 is 38.9. The molecule has 9 atom stereocenters. The third-order valence-electron chi connectivity index (χ3n) is 5.59. The maximum Gasteiger partial charge on any atom is 0.156 e. The van der Waals surface area contributed by atoms with Crippen molar-refractivity contribution in [3.63, 3.8) is 0 Å². The molecule has 0 aromatic carbocycles. The largest absolute Gasteiger partial charge is 0.499 e. The topological polar surface area (TPSA) is 125 Å². The van der Waals surface area contributed by atoms with Crippen molar-refractivity contribution < 1.29 is 48.5 Å². The Labute approximate surface area is 188 Å². The van der Waals surface area contributed by atoms with Gasteiger partial charge in [-0.05, 0) is 0 Å². The Hall–Kier alpha value is -2.08. The molecular formula is C22H34O10. The van der Waals surface area contributed by atoms with Crippen molar-refractivity contribution in [3.8, 4) is 0 Å². The van der Waals surface area contributed by atoms with E-state index in [1.165, 1.54) is 32.2 Å². The van der Waals surface area contributed by atoms with Crippen LogP contribution in [0, 0.1) is 0 Å². The van der Waals surface area contributed by atoms with Crippen LogP contribution in [0.2, 0.25) is 0 Å². The molecule has 10 heteroatoms. The number of aliphatic hydroxyl groups excluding tert-OH is 3. The van der Waals surface area contributed by atoms with Gasteiger partial charge in [0.15, 0.2) is 12.2 Å². The third-order valence-corrected chi connectivity index (χ3v) is 5.59. The van der Waals surface area contributed by atoms with Gasteiger partial charge in [-0.25, -0.2) is 0 Å². The van der Waals surface area contributed by atoms with Crippen molar-refractivity contribution >= 4 is 0 Å². The van der Waals surface area contributed by atoms with Gasteiger partial charge in [-0.1, -0.05) is 26.3 Å². The van der Waals surface area contributed by atoms with Crippen LogP contribution in [0.3, 0.4) is 0 Å². The van der Waals surface area contributed by atoms with Crippen LogP contribution in [-0.4, -0.2) is 96.7 Å². The number of methoxy groups -OCH3 is 1. The van der Waals surface area contributed by atoms with Crippen LogP contribution in [0.25, 0.3) is 0 Å². The van der Waals surface area contributed by atoms with Crippen LogP contribution in [0.15, 0.2) is 51.4 Å². The van der Waals surface area contributed by atoms with Crippen LogP contribution in [0.5, 0.6) is 0 Å². The lowest BCUT2D eigenvalue weighted by Gasteiger charge is -2.46. The molecule has 2 rings (SSSR count). The zero-order valence-corrected chi connectivity index (χ0v) is 18.3. The van der Waals surface area contributed by atoms with Gasteiger partial charge in [0.05, 0.1) is 31.7 Å². The number of aliphatic hydroxyl groups is 3. The fourth-order valence-electron chi connectivity index (χ4n) is 4.17. The smallest absolute Gasteiger partial charge is 0.156 e. The summed E-state index contributed by atoms with van der Waals surface area (Å²) in [7, 11) is 1.49. The summed E-state index contributed by atoms with van der Waals surface area (Å²) in [6.45, 7) is 14.0. The van der Waals surface area contributed by atoms with E-state index < -0.39 is 54.4 Å². The van der Waals surface area contributed by atoms with Crippen LogP contribution < -0.4 is 0 Å². The van der Waals surface area contributed by atoms with Crippen molar-refractivity contribution in [1.82, 2.24) is 0 Å². The number of ether oxygens (including phenoxy) is 7. The van der Waals surface area contributed by atoms with E-state index in [1.807, 2.05) is 0 Å². The molecule has 9 unspecified atom stereocenters. The van der Waals surface area contributed by atoms with Crippen molar-refractivity contribution in [2.45, 2.75) is 60.9 Å². The zero-order chi connectivity index (χ0) is 23.7. The van der Waals surface area contributed by atoms with Gasteiger partial charge in [-0.3, -0.25) is 0 Å². The summed E-state index contributed by atoms with van der Waals surface area (Å²) in [6, 6.07) is 0. The van der Waals surface area contributed by atoms with Crippen molar-refractivity contribution in [3.05, 3.63) is 51.4 Å². The minimum Gasteiger partial charge on any atom is -0.499 e. The number of hydrogen-bond donors (Lipinski definition) is 3. The van der Waals surface area contributed by atoms with Crippen LogP contribution in [-0.2, 0) is 33.2 Å². The highest BCUT2D eigenvalue weighted by molar-refractivity contribution is 5.07. The molecule has 182 valence electrons. The summed E-state index contributed by atoms with van der Waals surface area (Å²) in [5.41, 5.74) is -1.42. The highest BCUT2D eigenvalue weighted by Gasteiger charge is 2.58. The van der Waals surface area contributed by atoms with Gasteiger partial charge in [-0.15, -0.1) is 0 Å². The summed E-state index contributed by atoms with van der Waals surface area (Å²) in [5, 5.41) is 32.4. The Morgan fingerprint density at radius 2 is 1.44 bits per heavy atom. The van der Waals surface area contributed by atoms with Gasteiger partial charge >= 0.3 is 0 Å². The van der Waals surface area contributed by atoms with Crippen molar-refractivity contribution in [2.24, 2.45) is 0 Å². The molecule has 0 saturated carbocycles. The molecule has 2 saturated heterocycles. The molecule has 0 spiro atoms. The summed E-state index contributed by atoms with van der Waals surface area (Å²) in [6.07, 6.45) is -3.07. The fourth-order valence-corrected chi connectivity index (χ4v) is 4.17. The molecule has 0 bridgehead atoms. The molecule has 2 aliphatic rings. The first-order chi connectivity index (χ1) is 15.4. The van der Waals surface area contributed by atoms with E-state index in [0.29, 0.717) is 0 Å². The number of hydrogen-bond acceptors (Lipinski definition) is 10. The maximum absolute atomic E-state index is 11.0. The van der Waals surface area contributed by atoms with E-state index in [9.17, 15) is 15.3 Å². The van der Waals surface area contributed by atoms with Gasteiger partial charge in [0.2, 0.25) is 0 Å². The van der Waals surface area contributed by atoms with E-state index >= 15 is 0 Å². The predicted molar refractivity (Wildman–Crippen MR) is 113 cm³/mol. The second-order valence-corrected chi connectivity index (χ2v) is 7.53. The molecule has 2 heterocycles. The summed E-state index contributed by atoms with van der Waals surface area (Å²) in [5.74, 6) is 0. The molecule has 0 aromatic rings. The molecule has 10 nitrogen and oxygen atoms in total. The minimum absolute atomic E-state index is 0.0136. The maximum atomic E-state index is 11.0. The fraction of sp³-hybridized carbons (Fsp3) is 0.636. The van der Waals surface area contributed by atoms with E-state index in [0.717, 1.165) is 0 Å². The van der Waals surface area contributed by atoms with Crippen molar-refractivity contribution in [2.75, 3.05) is 26.9 Å². The molecule has 0 aliphatic carbocycles. The molecule has 0 amide bonds. The normalized spacial score (nSPS) is 39.0. The lowest BCUT2D eigenvalue weighted by Crippen LogP contribution is -2.62. The molecular weight excluding hydrogens is 424 g/mol. The highest BCUT2D eigenvalue weighted by Crippen LogP contribution is 2.40. The highest BCUT2D eigenvalue weighted by atomic mass is 16.6. The molecule has 0 aromatic heterocycles. The molecule has 2 fully saturated rings. The Bertz CT molecular complexity index is 628. The summed E-state index contributed by atoms with van der Waals surface area (Å²) in [4.78, 5) is 0. The molecule has 0 radical (unpaired) electrons. The van der Waals surface area contributed by atoms with Crippen LogP contribution in [0.1, 0.15) is 6.42 Å². The first-order valence-electron chi connectivity index (χ1n) is 10.2. The van der Waals surface area contributed by atoms with Crippen molar-refractivity contribution in [1.29, 1.82) is 0 Å². The Morgan fingerprint density at radius 1 is 0.812 bits per heavy atom. The molecule has 32 heavy (non-hydrogen) atoms. The monoisotopic (exact) mass is 458 g/mol. The second-order valence-electron chi connectivity index (χ2n) is 7.53. The van der Waals surface area contributed by atoms with Crippen LogP contribution in [0.4, 0.5) is 0 Å². The minimum atomic E-state index is -1.42. The average molecular weight is 459 g/mol. The lowest BCUT2D eigenvalue weighted by atomic mass is 9.84. The van der Waals surface area contributed by atoms with Gasteiger partial charge in [0, 0.05) is 13.5 Å². The van der Waals surface area contributed by atoms with Gasteiger partial charge in [0.25, 0.3) is 0 Å². The Balaban J connectivity index is 2.34. The number of rotatable bonds is 14. The van der Waals surface area contributed by atoms with E-state index in [2.05, 4.69) is 26.3 Å². The van der Waals surface area contributed by atoms with Gasteiger partial charge in [0.1, 0.15) is 55.4 Å². The van der Waals surface area contributed by atoms with Gasteiger partial charge in [-0.2, -0.15) is 0 Å². The lowest BCUT2D eigenvalue weighted by molar-refractivity contribution is -0.250. The standard InChI is InChI=1S/C22H34O10/c1-6-27-12-15-17(23)21(25)22(32-15,13-28-7-2)10-14-19(29-8-3)18(24)20(30-9-4)16(31-14)11-26-5/h6-9,14-21,23-25H,1-4,10-13H2,5H3. The van der Waals surface area contributed by atoms with E-state index in [-0.39, 0.29) is 26.2 Å². The Morgan fingerprint density at radius 3 is 2.00 bits per heavy atom. The van der Waals surface area contributed by atoms with E-state index in [4.69, 9.17) is 33.2 Å². The first kappa shape index (κ1) is 26.2. The van der Waals surface area contributed by atoms with E-state index in [1.54, 1.807) is 0 Å². The molecule has 3 N–H and O–H groups in total.